The molecular formula is C13H20BrNO. The lowest BCUT2D eigenvalue weighted by atomic mass is 10.0. The lowest BCUT2D eigenvalue weighted by molar-refractivity contribution is 0.412. The molecule has 0 spiro atoms. The van der Waals surface area contributed by atoms with E-state index >= 15 is 0 Å². The number of hydrogen-bond donors (Lipinski definition) is 1. The van der Waals surface area contributed by atoms with E-state index in [9.17, 15) is 0 Å². The summed E-state index contributed by atoms with van der Waals surface area (Å²) in [6.07, 6.45) is 2.31. The van der Waals surface area contributed by atoms with Gasteiger partial charge in [0.25, 0.3) is 0 Å². The van der Waals surface area contributed by atoms with Crippen molar-refractivity contribution in [1.29, 1.82) is 0 Å². The zero-order chi connectivity index (χ0) is 12.0. The van der Waals surface area contributed by atoms with Crippen molar-refractivity contribution in [3.05, 3.63) is 28.2 Å². The Labute approximate surface area is 107 Å². The van der Waals surface area contributed by atoms with Crippen molar-refractivity contribution in [2.45, 2.75) is 32.7 Å². The predicted octanol–water partition coefficient (Wildman–Crippen LogP) is 3.91. The molecule has 1 rings (SSSR count). The number of benzene rings is 1. The van der Waals surface area contributed by atoms with Crippen LogP contribution in [-0.4, -0.2) is 13.7 Å². The van der Waals surface area contributed by atoms with Gasteiger partial charge < -0.3 is 10.1 Å². The van der Waals surface area contributed by atoms with Crippen molar-refractivity contribution in [3.63, 3.8) is 0 Å². The fourth-order valence-corrected chi connectivity index (χ4v) is 2.34. The maximum absolute atomic E-state index is 5.27. The van der Waals surface area contributed by atoms with Crippen LogP contribution in [-0.2, 0) is 0 Å². The first-order valence-corrected chi connectivity index (χ1v) is 6.59. The van der Waals surface area contributed by atoms with Gasteiger partial charge in [-0.2, -0.15) is 0 Å². The summed E-state index contributed by atoms with van der Waals surface area (Å²) in [4.78, 5) is 0. The molecule has 1 atom stereocenters. The molecular weight excluding hydrogens is 266 g/mol. The van der Waals surface area contributed by atoms with Gasteiger partial charge >= 0.3 is 0 Å². The van der Waals surface area contributed by atoms with Crippen LogP contribution in [0.15, 0.2) is 22.7 Å². The van der Waals surface area contributed by atoms with Gasteiger partial charge in [0.15, 0.2) is 0 Å². The van der Waals surface area contributed by atoms with Crippen LogP contribution in [0.25, 0.3) is 0 Å². The summed E-state index contributed by atoms with van der Waals surface area (Å²) in [6, 6.07) is 6.53. The summed E-state index contributed by atoms with van der Waals surface area (Å²) in [5.41, 5.74) is 1.28. The first kappa shape index (κ1) is 13.5. The number of halogens is 1. The van der Waals surface area contributed by atoms with E-state index in [1.807, 2.05) is 12.1 Å². The van der Waals surface area contributed by atoms with Gasteiger partial charge in [-0.25, -0.2) is 0 Å². The van der Waals surface area contributed by atoms with E-state index in [4.69, 9.17) is 4.74 Å². The molecule has 0 fully saturated rings. The summed E-state index contributed by atoms with van der Waals surface area (Å²) in [6.45, 7) is 5.32. The normalized spacial score (nSPS) is 12.5. The molecule has 0 heterocycles. The SMILES string of the molecule is CCCC(NCC)c1cc(OC)ccc1Br. The van der Waals surface area contributed by atoms with E-state index in [1.165, 1.54) is 12.0 Å². The van der Waals surface area contributed by atoms with Crippen LogP contribution < -0.4 is 10.1 Å². The fraction of sp³-hybridized carbons (Fsp3) is 0.538. The molecule has 90 valence electrons. The monoisotopic (exact) mass is 285 g/mol. The molecule has 0 aliphatic rings. The van der Waals surface area contributed by atoms with Crippen LogP contribution in [0.5, 0.6) is 5.75 Å². The highest BCUT2D eigenvalue weighted by Crippen LogP contribution is 2.30. The van der Waals surface area contributed by atoms with Crippen molar-refractivity contribution in [3.8, 4) is 5.75 Å². The van der Waals surface area contributed by atoms with E-state index in [-0.39, 0.29) is 0 Å². The molecule has 1 aromatic carbocycles. The second-order valence-corrected chi connectivity index (χ2v) is 4.64. The molecule has 1 N–H and O–H groups in total. The highest BCUT2D eigenvalue weighted by molar-refractivity contribution is 9.10. The fourth-order valence-electron chi connectivity index (χ4n) is 1.82. The zero-order valence-electron chi connectivity index (χ0n) is 10.2. The Kier molecular flexibility index (Phi) is 5.85. The number of hydrogen-bond acceptors (Lipinski definition) is 2. The molecule has 0 radical (unpaired) electrons. The third-order valence-electron chi connectivity index (χ3n) is 2.61. The summed E-state index contributed by atoms with van der Waals surface area (Å²) < 4.78 is 6.41. The molecule has 0 aliphatic heterocycles. The van der Waals surface area contributed by atoms with E-state index in [0.29, 0.717) is 6.04 Å². The van der Waals surface area contributed by atoms with Crippen LogP contribution in [0.2, 0.25) is 0 Å². The Balaban J connectivity index is 2.96. The average Bonchev–Trinajstić information content (AvgIpc) is 2.29. The predicted molar refractivity (Wildman–Crippen MR) is 72.0 cm³/mol. The molecule has 0 saturated heterocycles. The maximum atomic E-state index is 5.27. The Hall–Kier alpha value is -0.540. The third-order valence-corrected chi connectivity index (χ3v) is 3.33. The van der Waals surface area contributed by atoms with Gasteiger partial charge in [-0.15, -0.1) is 0 Å². The Morgan fingerprint density at radius 2 is 2.12 bits per heavy atom. The highest BCUT2D eigenvalue weighted by atomic mass is 79.9. The molecule has 0 saturated carbocycles. The van der Waals surface area contributed by atoms with Gasteiger partial charge in [-0.1, -0.05) is 36.2 Å². The Bertz CT molecular complexity index is 322. The zero-order valence-corrected chi connectivity index (χ0v) is 11.8. The van der Waals surface area contributed by atoms with Gasteiger partial charge in [-0.3, -0.25) is 0 Å². The molecule has 0 bridgehead atoms. The average molecular weight is 286 g/mol. The van der Waals surface area contributed by atoms with E-state index < -0.39 is 0 Å². The number of methoxy groups -OCH3 is 1. The van der Waals surface area contributed by atoms with Crippen molar-refractivity contribution in [2.24, 2.45) is 0 Å². The third kappa shape index (κ3) is 3.49. The van der Waals surface area contributed by atoms with E-state index in [1.54, 1.807) is 7.11 Å². The van der Waals surface area contributed by atoms with Gasteiger partial charge in [0.1, 0.15) is 5.75 Å². The van der Waals surface area contributed by atoms with Crippen molar-refractivity contribution >= 4 is 15.9 Å². The highest BCUT2D eigenvalue weighted by Gasteiger charge is 2.13. The van der Waals surface area contributed by atoms with E-state index in [2.05, 4.69) is 41.2 Å². The van der Waals surface area contributed by atoms with Crippen LogP contribution in [0, 0.1) is 0 Å². The van der Waals surface area contributed by atoms with Gasteiger partial charge in [0, 0.05) is 10.5 Å². The molecule has 1 aromatic rings. The van der Waals surface area contributed by atoms with Crippen molar-refractivity contribution in [2.75, 3.05) is 13.7 Å². The number of ether oxygens (including phenoxy) is 1. The van der Waals surface area contributed by atoms with Crippen LogP contribution in [0.3, 0.4) is 0 Å². The molecule has 0 aromatic heterocycles. The first-order chi connectivity index (χ1) is 7.72. The number of nitrogens with one attached hydrogen (secondary N) is 1. The van der Waals surface area contributed by atoms with Crippen molar-refractivity contribution < 1.29 is 4.74 Å². The Morgan fingerprint density at radius 1 is 1.38 bits per heavy atom. The summed E-state index contributed by atoms with van der Waals surface area (Å²) >= 11 is 3.60. The summed E-state index contributed by atoms with van der Waals surface area (Å²) in [5, 5.41) is 3.51. The van der Waals surface area contributed by atoms with Gasteiger partial charge in [0.05, 0.1) is 7.11 Å². The molecule has 16 heavy (non-hydrogen) atoms. The summed E-state index contributed by atoms with van der Waals surface area (Å²) in [5.74, 6) is 0.914. The summed E-state index contributed by atoms with van der Waals surface area (Å²) in [7, 11) is 1.70. The van der Waals surface area contributed by atoms with E-state index in [0.717, 1.165) is 23.2 Å². The molecule has 0 amide bonds. The minimum Gasteiger partial charge on any atom is -0.497 e. The lowest BCUT2D eigenvalue weighted by Gasteiger charge is -2.19. The second-order valence-electron chi connectivity index (χ2n) is 3.79. The molecule has 3 heteroatoms. The quantitative estimate of drug-likeness (QED) is 0.856. The number of rotatable bonds is 6. The van der Waals surface area contributed by atoms with Crippen LogP contribution in [0.1, 0.15) is 38.3 Å². The molecule has 1 unspecified atom stereocenters. The van der Waals surface area contributed by atoms with Crippen LogP contribution >= 0.6 is 15.9 Å². The van der Waals surface area contributed by atoms with Crippen LogP contribution in [0.4, 0.5) is 0 Å². The smallest absolute Gasteiger partial charge is 0.119 e. The Morgan fingerprint density at radius 3 is 2.69 bits per heavy atom. The standard InChI is InChI=1S/C13H20BrNO/c1-4-6-13(15-5-2)11-9-10(16-3)7-8-12(11)14/h7-9,13,15H,4-6H2,1-3H3. The second kappa shape index (κ2) is 6.92. The minimum absolute atomic E-state index is 0.402. The topological polar surface area (TPSA) is 21.3 Å². The lowest BCUT2D eigenvalue weighted by Crippen LogP contribution is -2.21. The molecule has 0 aliphatic carbocycles. The van der Waals surface area contributed by atoms with Gasteiger partial charge in [0.2, 0.25) is 0 Å². The first-order valence-electron chi connectivity index (χ1n) is 5.79. The maximum Gasteiger partial charge on any atom is 0.119 e. The van der Waals surface area contributed by atoms with Crippen molar-refractivity contribution in [1.82, 2.24) is 5.32 Å². The van der Waals surface area contributed by atoms with Gasteiger partial charge in [-0.05, 0) is 36.7 Å². The molecule has 2 nitrogen and oxygen atoms in total. The largest absolute Gasteiger partial charge is 0.497 e. The minimum atomic E-state index is 0.402.